The number of anilines is 1. The van der Waals surface area contributed by atoms with Gasteiger partial charge in [0, 0.05) is 18.8 Å². The molecule has 1 aliphatic rings. The predicted molar refractivity (Wildman–Crippen MR) is 69.8 cm³/mol. The molecule has 1 unspecified atom stereocenters. The van der Waals surface area contributed by atoms with Crippen LogP contribution in [0.5, 0.6) is 0 Å². The lowest BCUT2D eigenvalue weighted by atomic mass is 9.76. The first-order valence-corrected chi connectivity index (χ1v) is 6.16. The van der Waals surface area contributed by atoms with Crippen molar-refractivity contribution in [1.82, 2.24) is 4.90 Å². The van der Waals surface area contributed by atoms with Gasteiger partial charge in [-0.05, 0) is 50.6 Å². The van der Waals surface area contributed by atoms with Gasteiger partial charge < -0.3 is 10.2 Å². The van der Waals surface area contributed by atoms with Gasteiger partial charge in [0.25, 0.3) is 0 Å². The Kier molecular flexibility index (Phi) is 3.49. The van der Waals surface area contributed by atoms with Crippen molar-refractivity contribution in [3.63, 3.8) is 0 Å². The molecule has 1 aliphatic carbocycles. The Labute approximate surface area is 98.7 Å². The van der Waals surface area contributed by atoms with Crippen LogP contribution in [0.1, 0.15) is 30.9 Å². The third-order valence-corrected chi connectivity index (χ3v) is 3.67. The van der Waals surface area contributed by atoms with Crippen LogP contribution in [0.4, 0.5) is 5.69 Å². The topological polar surface area (TPSA) is 15.3 Å². The lowest BCUT2D eigenvalue weighted by Gasteiger charge is -2.38. The smallest absolute Gasteiger partial charge is 0.0370 e. The van der Waals surface area contributed by atoms with Gasteiger partial charge in [-0.2, -0.15) is 0 Å². The zero-order valence-electron chi connectivity index (χ0n) is 10.5. The third kappa shape index (κ3) is 2.22. The summed E-state index contributed by atoms with van der Waals surface area (Å²) in [6.45, 7) is 0. The van der Waals surface area contributed by atoms with Gasteiger partial charge in [-0.3, -0.25) is 0 Å². The molecular formula is C14H22N2. The van der Waals surface area contributed by atoms with Crippen molar-refractivity contribution >= 4 is 5.69 Å². The molecule has 0 saturated heterocycles. The van der Waals surface area contributed by atoms with E-state index in [1.807, 2.05) is 7.05 Å². The van der Waals surface area contributed by atoms with Gasteiger partial charge in [-0.25, -0.2) is 0 Å². The van der Waals surface area contributed by atoms with Crippen LogP contribution in [0.3, 0.4) is 0 Å². The average molecular weight is 218 g/mol. The largest absolute Gasteiger partial charge is 0.388 e. The van der Waals surface area contributed by atoms with Gasteiger partial charge >= 0.3 is 0 Å². The fraction of sp³-hybridized carbons (Fsp3) is 0.571. The number of nitrogens with one attached hydrogen (secondary N) is 1. The van der Waals surface area contributed by atoms with E-state index < -0.39 is 0 Å². The van der Waals surface area contributed by atoms with Crippen LogP contribution in [0.25, 0.3) is 0 Å². The third-order valence-electron chi connectivity index (χ3n) is 3.67. The highest BCUT2D eigenvalue weighted by molar-refractivity contribution is 5.46. The molecule has 1 aromatic rings. The van der Waals surface area contributed by atoms with Gasteiger partial charge in [0.05, 0.1) is 0 Å². The van der Waals surface area contributed by atoms with Crippen molar-refractivity contribution in [3.8, 4) is 0 Å². The summed E-state index contributed by atoms with van der Waals surface area (Å²) in [4.78, 5) is 2.36. The SMILES string of the molecule is CNc1cccc(C(C2CCC2)N(C)C)c1. The molecule has 0 amide bonds. The fourth-order valence-corrected chi connectivity index (χ4v) is 2.63. The number of nitrogens with zero attached hydrogens (tertiary/aromatic N) is 1. The van der Waals surface area contributed by atoms with Crippen LogP contribution in [0, 0.1) is 5.92 Å². The van der Waals surface area contributed by atoms with E-state index >= 15 is 0 Å². The molecule has 1 saturated carbocycles. The monoisotopic (exact) mass is 218 g/mol. The average Bonchev–Trinajstić information content (AvgIpc) is 2.22. The summed E-state index contributed by atoms with van der Waals surface area (Å²) in [6.07, 6.45) is 4.17. The van der Waals surface area contributed by atoms with Crippen molar-refractivity contribution in [2.24, 2.45) is 5.92 Å². The first-order valence-electron chi connectivity index (χ1n) is 6.16. The molecule has 16 heavy (non-hydrogen) atoms. The molecule has 0 heterocycles. The van der Waals surface area contributed by atoms with E-state index in [0.717, 1.165) is 5.92 Å². The quantitative estimate of drug-likeness (QED) is 0.835. The maximum absolute atomic E-state index is 3.22. The van der Waals surface area contributed by atoms with E-state index in [-0.39, 0.29) is 0 Å². The molecule has 2 rings (SSSR count). The molecule has 0 aromatic heterocycles. The summed E-state index contributed by atoms with van der Waals surface area (Å²) >= 11 is 0. The van der Waals surface area contributed by atoms with E-state index in [1.165, 1.54) is 30.5 Å². The van der Waals surface area contributed by atoms with E-state index in [1.54, 1.807) is 0 Å². The van der Waals surface area contributed by atoms with Crippen LogP contribution in [0.2, 0.25) is 0 Å². The first kappa shape index (κ1) is 11.5. The molecule has 88 valence electrons. The second-order valence-corrected chi connectivity index (χ2v) is 4.97. The van der Waals surface area contributed by atoms with Gasteiger partial charge in [0.2, 0.25) is 0 Å². The molecule has 0 aliphatic heterocycles. The zero-order chi connectivity index (χ0) is 11.5. The molecule has 1 atom stereocenters. The maximum atomic E-state index is 3.22. The van der Waals surface area contributed by atoms with E-state index in [0.29, 0.717) is 6.04 Å². The molecule has 2 heteroatoms. The Balaban J connectivity index is 2.23. The summed E-state index contributed by atoms with van der Waals surface area (Å²) in [5, 5.41) is 3.22. The molecule has 0 radical (unpaired) electrons. The highest BCUT2D eigenvalue weighted by atomic mass is 15.1. The molecule has 2 nitrogen and oxygen atoms in total. The minimum atomic E-state index is 0.585. The van der Waals surface area contributed by atoms with Crippen molar-refractivity contribution in [2.45, 2.75) is 25.3 Å². The highest BCUT2D eigenvalue weighted by Crippen LogP contribution is 2.40. The van der Waals surface area contributed by atoms with Crippen LogP contribution < -0.4 is 5.32 Å². The molecular weight excluding hydrogens is 196 g/mol. The van der Waals surface area contributed by atoms with E-state index in [9.17, 15) is 0 Å². The van der Waals surface area contributed by atoms with Gasteiger partial charge in [0.1, 0.15) is 0 Å². The van der Waals surface area contributed by atoms with Crippen molar-refractivity contribution in [3.05, 3.63) is 29.8 Å². The number of hydrogen-bond donors (Lipinski definition) is 1. The second kappa shape index (κ2) is 4.88. The summed E-state index contributed by atoms with van der Waals surface area (Å²) in [7, 11) is 6.36. The summed E-state index contributed by atoms with van der Waals surface area (Å²) in [5.74, 6) is 0.849. The molecule has 0 bridgehead atoms. The van der Waals surface area contributed by atoms with E-state index in [4.69, 9.17) is 0 Å². The standard InChI is InChI=1S/C14H22N2/c1-15-13-9-5-8-12(10-13)14(16(2)3)11-6-4-7-11/h5,8-11,14-15H,4,6-7H2,1-3H3. The zero-order valence-corrected chi connectivity index (χ0v) is 10.5. The first-order chi connectivity index (χ1) is 7.72. The van der Waals surface area contributed by atoms with Crippen molar-refractivity contribution < 1.29 is 0 Å². The second-order valence-electron chi connectivity index (χ2n) is 4.97. The predicted octanol–water partition coefficient (Wildman–Crippen LogP) is 3.13. The van der Waals surface area contributed by atoms with E-state index in [2.05, 4.69) is 48.6 Å². The van der Waals surface area contributed by atoms with Crippen LogP contribution in [-0.4, -0.2) is 26.0 Å². The number of benzene rings is 1. The lowest BCUT2D eigenvalue weighted by Crippen LogP contribution is -2.31. The Morgan fingerprint density at radius 1 is 1.31 bits per heavy atom. The minimum Gasteiger partial charge on any atom is -0.388 e. The Hall–Kier alpha value is -1.02. The Morgan fingerprint density at radius 3 is 2.56 bits per heavy atom. The Morgan fingerprint density at radius 2 is 2.06 bits per heavy atom. The van der Waals surface area contributed by atoms with Crippen molar-refractivity contribution in [2.75, 3.05) is 26.5 Å². The fourth-order valence-electron chi connectivity index (χ4n) is 2.63. The van der Waals surface area contributed by atoms with Crippen LogP contribution >= 0.6 is 0 Å². The van der Waals surface area contributed by atoms with Crippen LogP contribution in [-0.2, 0) is 0 Å². The molecule has 0 spiro atoms. The minimum absolute atomic E-state index is 0.585. The van der Waals surface area contributed by atoms with Gasteiger partial charge in [0.15, 0.2) is 0 Å². The molecule has 1 fully saturated rings. The lowest BCUT2D eigenvalue weighted by molar-refractivity contribution is 0.142. The van der Waals surface area contributed by atoms with Crippen molar-refractivity contribution in [1.29, 1.82) is 0 Å². The molecule has 1 N–H and O–H groups in total. The Bertz CT molecular complexity index is 342. The number of rotatable bonds is 4. The van der Waals surface area contributed by atoms with Gasteiger partial charge in [-0.15, -0.1) is 0 Å². The normalized spacial score (nSPS) is 18.2. The summed E-state index contributed by atoms with van der Waals surface area (Å²) in [5.41, 5.74) is 2.66. The van der Waals surface area contributed by atoms with Gasteiger partial charge in [-0.1, -0.05) is 18.6 Å². The summed E-state index contributed by atoms with van der Waals surface area (Å²) < 4.78 is 0. The molecule has 1 aromatic carbocycles. The van der Waals surface area contributed by atoms with Crippen LogP contribution in [0.15, 0.2) is 24.3 Å². The maximum Gasteiger partial charge on any atom is 0.0370 e. The number of hydrogen-bond acceptors (Lipinski definition) is 2. The highest BCUT2D eigenvalue weighted by Gasteiger charge is 2.29. The summed E-state index contributed by atoms with van der Waals surface area (Å²) in [6, 6.07) is 9.39.